The Hall–Kier alpha value is -3.67. The summed E-state index contributed by atoms with van der Waals surface area (Å²) < 4.78 is 5.18. The minimum atomic E-state index is -1.45. The van der Waals surface area contributed by atoms with Crippen molar-refractivity contribution in [2.24, 2.45) is 0 Å². The van der Waals surface area contributed by atoms with E-state index in [9.17, 15) is 29.1 Å². The molecule has 2 rings (SSSR count). The number of nitrogens with zero attached hydrogens (tertiary/aromatic N) is 2. The van der Waals surface area contributed by atoms with Crippen LogP contribution in [0.5, 0.6) is 0 Å². The number of ketones is 1. The Morgan fingerprint density at radius 2 is 1.28 bits per heavy atom. The number of carbonyl (C=O) groups is 5. The topological polar surface area (TPSA) is 166 Å². The Bertz CT molecular complexity index is 974. The number of amides is 6. The van der Waals surface area contributed by atoms with E-state index in [1.165, 1.54) is 23.6 Å². The third-order valence-corrected chi connectivity index (χ3v) is 6.23. The molecule has 0 spiro atoms. The predicted molar refractivity (Wildman–Crippen MR) is 142 cm³/mol. The van der Waals surface area contributed by atoms with Gasteiger partial charge in [0.1, 0.15) is 12.2 Å². The van der Waals surface area contributed by atoms with Crippen LogP contribution in [0.25, 0.3) is 0 Å². The molecule has 0 aromatic heterocycles. The number of hydrogen-bond acceptors (Lipinski definition) is 7. The molecule has 1 aliphatic rings. The SMILES string of the molecule is CC(C)(O)C(=O)c1ccc(COC(=O)NCCCCCCN2C(=O)N(CCCCCCNC(=O)O)C2=O)cc1. The summed E-state index contributed by atoms with van der Waals surface area (Å²) in [6, 6.07) is 5.98. The quantitative estimate of drug-likeness (QED) is 0.157. The molecular weight excluding hydrogens is 508 g/mol. The van der Waals surface area contributed by atoms with Crippen molar-refractivity contribution in [2.45, 2.75) is 77.4 Å². The van der Waals surface area contributed by atoms with E-state index < -0.39 is 17.8 Å². The molecule has 4 N–H and O–H groups in total. The third-order valence-electron chi connectivity index (χ3n) is 6.23. The van der Waals surface area contributed by atoms with Gasteiger partial charge in [0.2, 0.25) is 0 Å². The number of ether oxygens (including phenoxy) is 1. The fourth-order valence-corrected chi connectivity index (χ4v) is 3.98. The van der Waals surface area contributed by atoms with Gasteiger partial charge in [-0.15, -0.1) is 0 Å². The van der Waals surface area contributed by atoms with E-state index in [0.717, 1.165) is 44.1 Å². The number of nitrogens with one attached hydrogen (secondary N) is 2. The molecule has 0 atom stereocenters. The average molecular weight is 549 g/mol. The van der Waals surface area contributed by atoms with Gasteiger partial charge in [0.15, 0.2) is 5.78 Å². The lowest BCUT2D eigenvalue weighted by molar-refractivity contribution is 0.0488. The van der Waals surface area contributed by atoms with Crippen LogP contribution in [0.1, 0.15) is 81.1 Å². The zero-order chi connectivity index (χ0) is 28.8. The van der Waals surface area contributed by atoms with Gasteiger partial charge in [0.25, 0.3) is 0 Å². The fraction of sp³-hybridized carbons (Fsp3) is 0.593. The van der Waals surface area contributed by atoms with Gasteiger partial charge in [0.05, 0.1) is 0 Å². The first kappa shape index (κ1) is 31.5. The number of benzene rings is 1. The first-order chi connectivity index (χ1) is 18.5. The highest BCUT2D eigenvalue weighted by atomic mass is 16.5. The van der Waals surface area contributed by atoms with Crippen LogP contribution in [-0.2, 0) is 11.3 Å². The highest BCUT2D eigenvalue weighted by Gasteiger charge is 2.42. The highest BCUT2D eigenvalue weighted by Crippen LogP contribution is 2.19. The van der Waals surface area contributed by atoms with Crippen molar-refractivity contribution in [1.82, 2.24) is 20.4 Å². The van der Waals surface area contributed by atoms with Crippen LogP contribution in [-0.4, -0.2) is 81.8 Å². The van der Waals surface area contributed by atoms with Gasteiger partial charge in [-0.2, -0.15) is 0 Å². The predicted octanol–water partition coefficient (Wildman–Crippen LogP) is 4.11. The summed E-state index contributed by atoms with van der Waals surface area (Å²) >= 11 is 0. The van der Waals surface area contributed by atoms with Gasteiger partial charge in [0, 0.05) is 31.7 Å². The smallest absolute Gasteiger partial charge is 0.407 e. The number of carbonyl (C=O) groups excluding carboxylic acids is 4. The maximum atomic E-state index is 12.2. The second-order valence-corrected chi connectivity index (χ2v) is 10.0. The molecule has 1 saturated heterocycles. The van der Waals surface area contributed by atoms with Crippen LogP contribution in [0.3, 0.4) is 0 Å². The molecule has 1 aromatic rings. The van der Waals surface area contributed by atoms with Crippen molar-refractivity contribution in [3.63, 3.8) is 0 Å². The van der Waals surface area contributed by atoms with Gasteiger partial charge in [-0.3, -0.25) is 4.79 Å². The van der Waals surface area contributed by atoms with Gasteiger partial charge in [-0.05, 0) is 45.1 Å². The Labute approximate surface area is 228 Å². The molecule has 0 saturated carbocycles. The van der Waals surface area contributed by atoms with Crippen LogP contribution in [0.15, 0.2) is 24.3 Å². The van der Waals surface area contributed by atoms with E-state index in [4.69, 9.17) is 9.84 Å². The maximum absolute atomic E-state index is 12.2. The standard InChI is InChI=1S/C27H40N4O8/c1-27(2,38)22(32)21-13-11-20(12-14-21)19-39-24(35)29-16-8-4-6-10-18-31-25(36)30(26(31)37)17-9-5-3-7-15-28-23(33)34/h11-14,28,38H,3-10,15-19H2,1-2H3,(H,29,35)(H,33,34). The molecular formula is C27H40N4O8. The Morgan fingerprint density at radius 3 is 1.77 bits per heavy atom. The number of urea groups is 2. The minimum absolute atomic E-state index is 0.0575. The largest absolute Gasteiger partial charge is 0.465 e. The summed E-state index contributed by atoms with van der Waals surface area (Å²) in [7, 11) is 0. The summed E-state index contributed by atoms with van der Waals surface area (Å²) in [6.45, 7) is 4.52. The molecule has 1 fully saturated rings. The Kier molecular flexibility index (Phi) is 12.7. The van der Waals surface area contributed by atoms with Crippen molar-refractivity contribution < 1.29 is 38.9 Å². The van der Waals surface area contributed by atoms with Crippen molar-refractivity contribution in [3.8, 4) is 0 Å². The lowest BCUT2D eigenvalue weighted by atomic mass is 9.96. The summed E-state index contributed by atoms with van der Waals surface area (Å²) in [6.07, 6.45) is 4.56. The minimum Gasteiger partial charge on any atom is -0.465 e. The number of alkyl carbamates (subject to hydrolysis) is 1. The molecule has 6 amide bonds. The third kappa shape index (κ3) is 10.9. The van der Waals surface area contributed by atoms with Gasteiger partial charge in [-0.1, -0.05) is 49.9 Å². The van der Waals surface area contributed by atoms with Crippen LogP contribution in [0.4, 0.5) is 19.2 Å². The van der Waals surface area contributed by atoms with Gasteiger partial charge in [-0.25, -0.2) is 29.0 Å². The average Bonchev–Trinajstić information content (AvgIpc) is 2.89. The van der Waals surface area contributed by atoms with E-state index in [0.29, 0.717) is 44.6 Å². The zero-order valence-electron chi connectivity index (χ0n) is 22.7. The molecule has 0 radical (unpaired) electrons. The lowest BCUT2D eigenvalue weighted by Gasteiger charge is -2.39. The van der Waals surface area contributed by atoms with Crippen LogP contribution >= 0.6 is 0 Å². The van der Waals surface area contributed by atoms with E-state index in [2.05, 4.69) is 10.6 Å². The number of hydrogen-bond donors (Lipinski definition) is 4. The number of Topliss-reactive ketones (excluding diaryl/α,β-unsaturated/α-hetero) is 1. The molecule has 12 heteroatoms. The van der Waals surface area contributed by atoms with Crippen molar-refractivity contribution in [2.75, 3.05) is 26.2 Å². The number of rotatable bonds is 18. The normalized spacial score (nSPS) is 13.2. The molecule has 1 aromatic carbocycles. The molecule has 1 heterocycles. The maximum Gasteiger partial charge on any atom is 0.407 e. The van der Waals surface area contributed by atoms with Gasteiger partial charge >= 0.3 is 24.2 Å². The van der Waals surface area contributed by atoms with Crippen molar-refractivity contribution >= 4 is 30.0 Å². The second kappa shape index (κ2) is 15.7. The van der Waals surface area contributed by atoms with E-state index >= 15 is 0 Å². The van der Waals surface area contributed by atoms with E-state index in [-0.39, 0.29) is 24.5 Å². The molecule has 39 heavy (non-hydrogen) atoms. The first-order valence-corrected chi connectivity index (χ1v) is 13.4. The molecule has 12 nitrogen and oxygen atoms in total. The van der Waals surface area contributed by atoms with Crippen molar-refractivity contribution in [1.29, 1.82) is 0 Å². The molecule has 0 aliphatic carbocycles. The first-order valence-electron chi connectivity index (χ1n) is 13.4. The number of imide groups is 2. The Balaban J connectivity index is 1.47. The monoisotopic (exact) mass is 548 g/mol. The molecule has 1 aliphatic heterocycles. The fourth-order valence-electron chi connectivity index (χ4n) is 3.98. The zero-order valence-corrected chi connectivity index (χ0v) is 22.7. The molecule has 0 unspecified atom stereocenters. The Morgan fingerprint density at radius 1 is 0.795 bits per heavy atom. The summed E-state index contributed by atoms with van der Waals surface area (Å²) in [4.78, 5) is 61.1. The number of carboxylic acid groups (broad SMARTS) is 1. The van der Waals surface area contributed by atoms with Crippen LogP contribution in [0, 0.1) is 0 Å². The van der Waals surface area contributed by atoms with Crippen LogP contribution < -0.4 is 10.6 Å². The van der Waals surface area contributed by atoms with Crippen LogP contribution in [0.2, 0.25) is 0 Å². The van der Waals surface area contributed by atoms with E-state index in [1.807, 2.05) is 0 Å². The summed E-state index contributed by atoms with van der Waals surface area (Å²) in [5.74, 6) is -0.384. The highest BCUT2D eigenvalue weighted by molar-refractivity contribution is 6.11. The van der Waals surface area contributed by atoms with Crippen molar-refractivity contribution in [3.05, 3.63) is 35.4 Å². The lowest BCUT2D eigenvalue weighted by Crippen LogP contribution is -2.64. The summed E-state index contributed by atoms with van der Waals surface area (Å²) in [5.41, 5.74) is -0.348. The van der Waals surface area contributed by atoms with Gasteiger partial charge < -0.3 is 25.6 Å². The number of aliphatic hydroxyl groups is 1. The molecule has 216 valence electrons. The number of unbranched alkanes of at least 4 members (excludes halogenated alkanes) is 6. The molecule has 0 bridgehead atoms. The van der Waals surface area contributed by atoms with E-state index in [1.54, 1.807) is 24.3 Å². The second-order valence-electron chi connectivity index (χ2n) is 10.0. The summed E-state index contributed by atoms with van der Waals surface area (Å²) in [5, 5.41) is 23.3.